The van der Waals surface area contributed by atoms with E-state index in [1.165, 1.54) is 4.88 Å². The molecule has 9 heteroatoms. The number of likely N-dealkylation sites (N-methyl/N-ethyl adjacent to an activating group) is 1. The number of hydrogen-bond donors (Lipinski definition) is 1. The molecule has 0 bridgehead atoms. The van der Waals surface area contributed by atoms with Gasteiger partial charge in [-0.15, -0.1) is 11.3 Å². The van der Waals surface area contributed by atoms with Gasteiger partial charge in [-0.25, -0.2) is 13.1 Å². The number of sulfonamides is 1. The zero-order valence-electron chi connectivity index (χ0n) is 14.7. The summed E-state index contributed by atoms with van der Waals surface area (Å²) >= 11 is 1.66. The lowest BCUT2D eigenvalue weighted by molar-refractivity contribution is 0.114. The predicted octanol–water partition coefficient (Wildman–Crippen LogP) is 1.62. The smallest absolute Gasteiger partial charge is 0.246 e. The van der Waals surface area contributed by atoms with E-state index in [0.717, 1.165) is 26.2 Å². The Labute approximate surface area is 152 Å². The van der Waals surface area contributed by atoms with Crippen LogP contribution in [0.4, 0.5) is 0 Å². The van der Waals surface area contributed by atoms with E-state index in [1.54, 1.807) is 25.2 Å². The first-order chi connectivity index (χ1) is 11.9. The monoisotopic (exact) mass is 384 g/mol. The Hall–Kier alpha value is -1.26. The van der Waals surface area contributed by atoms with Crippen LogP contribution in [0.3, 0.4) is 0 Å². The summed E-state index contributed by atoms with van der Waals surface area (Å²) in [5.74, 6) is 0.317. The summed E-state index contributed by atoms with van der Waals surface area (Å²) in [6.07, 6.45) is 0. The number of rotatable bonds is 6. The molecule has 0 spiro atoms. The lowest BCUT2D eigenvalue weighted by Gasteiger charge is -2.37. The molecule has 1 aliphatic rings. The summed E-state index contributed by atoms with van der Waals surface area (Å²) in [5.41, 5.74) is 0.386. The van der Waals surface area contributed by atoms with E-state index in [4.69, 9.17) is 4.52 Å². The Morgan fingerprint density at radius 3 is 2.60 bits per heavy atom. The quantitative estimate of drug-likeness (QED) is 0.815. The molecule has 0 saturated carbocycles. The summed E-state index contributed by atoms with van der Waals surface area (Å²) in [6, 6.07) is 4.10. The number of aryl methyl sites for hydroxylation is 2. The van der Waals surface area contributed by atoms with Crippen molar-refractivity contribution in [2.75, 3.05) is 39.8 Å². The van der Waals surface area contributed by atoms with Crippen molar-refractivity contribution in [3.05, 3.63) is 33.8 Å². The van der Waals surface area contributed by atoms with Crippen LogP contribution >= 0.6 is 11.3 Å². The van der Waals surface area contributed by atoms with E-state index in [9.17, 15) is 8.42 Å². The van der Waals surface area contributed by atoms with Gasteiger partial charge in [0.2, 0.25) is 10.0 Å². The van der Waals surface area contributed by atoms with Gasteiger partial charge in [-0.2, -0.15) is 0 Å². The zero-order valence-corrected chi connectivity index (χ0v) is 16.4. The molecule has 2 aromatic rings. The molecule has 3 rings (SSSR count). The first-order valence-corrected chi connectivity index (χ1v) is 10.6. The van der Waals surface area contributed by atoms with Crippen molar-refractivity contribution < 1.29 is 12.9 Å². The molecule has 1 unspecified atom stereocenters. The molecule has 25 heavy (non-hydrogen) atoms. The fraction of sp³-hybridized carbons (Fsp3) is 0.562. The summed E-state index contributed by atoms with van der Waals surface area (Å²) in [6.45, 7) is 7.40. The summed E-state index contributed by atoms with van der Waals surface area (Å²) in [4.78, 5) is 5.96. The fourth-order valence-corrected chi connectivity index (χ4v) is 5.37. The summed E-state index contributed by atoms with van der Waals surface area (Å²) < 4.78 is 33.2. The van der Waals surface area contributed by atoms with Gasteiger partial charge in [0.05, 0.1) is 6.04 Å². The molecule has 0 aliphatic carbocycles. The third-order valence-electron chi connectivity index (χ3n) is 4.55. The van der Waals surface area contributed by atoms with Crippen LogP contribution in [-0.2, 0) is 10.0 Å². The molecule has 0 amide bonds. The van der Waals surface area contributed by atoms with E-state index in [0.29, 0.717) is 18.0 Å². The van der Waals surface area contributed by atoms with E-state index in [-0.39, 0.29) is 10.9 Å². The highest BCUT2D eigenvalue weighted by Gasteiger charge is 2.29. The average molecular weight is 385 g/mol. The minimum atomic E-state index is -3.65. The Morgan fingerprint density at radius 1 is 1.32 bits per heavy atom. The lowest BCUT2D eigenvalue weighted by atomic mass is 10.2. The van der Waals surface area contributed by atoms with Crippen molar-refractivity contribution in [2.45, 2.75) is 24.8 Å². The highest BCUT2D eigenvalue weighted by molar-refractivity contribution is 7.89. The second-order valence-electron chi connectivity index (χ2n) is 6.38. The molecule has 1 saturated heterocycles. The number of hydrogen-bond acceptors (Lipinski definition) is 7. The van der Waals surface area contributed by atoms with Crippen molar-refractivity contribution >= 4 is 21.4 Å². The van der Waals surface area contributed by atoms with Gasteiger partial charge in [-0.05, 0) is 32.3 Å². The van der Waals surface area contributed by atoms with Crippen molar-refractivity contribution in [2.24, 2.45) is 0 Å². The standard InChI is InChI=1S/C16H24N4O3S2/c1-12-16(13(2)23-18-12)25(21,22)17-11-14(15-5-4-10-24-15)20-8-6-19(3)7-9-20/h4-5,10,14,17H,6-9,11H2,1-3H3. The van der Waals surface area contributed by atoms with E-state index < -0.39 is 10.0 Å². The summed E-state index contributed by atoms with van der Waals surface area (Å²) in [5, 5.41) is 5.78. The van der Waals surface area contributed by atoms with Crippen LogP contribution < -0.4 is 4.72 Å². The van der Waals surface area contributed by atoms with Gasteiger partial charge < -0.3 is 9.42 Å². The molecule has 138 valence electrons. The summed E-state index contributed by atoms with van der Waals surface area (Å²) in [7, 11) is -1.54. The van der Waals surface area contributed by atoms with E-state index >= 15 is 0 Å². The normalized spacial score (nSPS) is 18.5. The zero-order chi connectivity index (χ0) is 18.0. The minimum Gasteiger partial charge on any atom is -0.360 e. The molecule has 1 N–H and O–H groups in total. The van der Waals surface area contributed by atoms with Crippen molar-refractivity contribution in [1.29, 1.82) is 0 Å². The molecular formula is C16H24N4O3S2. The average Bonchev–Trinajstić information content (AvgIpc) is 3.19. The van der Waals surface area contributed by atoms with Crippen LogP contribution in [0.25, 0.3) is 0 Å². The second kappa shape index (κ2) is 7.55. The highest BCUT2D eigenvalue weighted by atomic mass is 32.2. The van der Waals surface area contributed by atoms with Gasteiger partial charge in [-0.3, -0.25) is 4.90 Å². The van der Waals surface area contributed by atoms with Crippen LogP contribution in [0.5, 0.6) is 0 Å². The predicted molar refractivity (Wildman–Crippen MR) is 97.3 cm³/mol. The largest absolute Gasteiger partial charge is 0.360 e. The van der Waals surface area contributed by atoms with Gasteiger partial charge in [0.25, 0.3) is 0 Å². The van der Waals surface area contributed by atoms with Gasteiger partial charge in [0.15, 0.2) is 5.76 Å². The molecule has 0 aromatic carbocycles. The Bertz CT molecular complexity index is 774. The van der Waals surface area contributed by atoms with Gasteiger partial charge in [0, 0.05) is 37.6 Å². The van der Waals surface area contributed by atoms with Gasteiger partial charge >= 0.3 is 0 Å². The highest BCUT2D eigenvalue weighted by Crippen LogP contribution is 2.27. The second-order valence-corrected chi connectivity index (χ2v) is 9.06. The number of piperazine rings is 1. The first-order valence-electron chi connectivity index (χ1n) is 8.27. The fourth-order valence-electron chi connectivity index (χ4n) is 3.14. The third-order valence-corrected chi connectivity index (χ3v) is 7.19. The van der Waals surface area contributed by atoms with Crippen LogP contribution in [0.1, 0.15) is 22.4 Å². The molecule has 1 aliphatic heterocycles. The SMILES string of the molecule is Cc1noc(C)c1S(=O)(=O)NCC(c1cccs1)N1CCN(C)CC1. The first kappa shape index (κ1) is 18.5. The Balaban J connectivity index is 1.77. The van der Waals surface area contributed by atoms with Crippen LogP contribution in [0.15, 0.2) is 26.9 Å². The number of nitrogens with zero attached hydrogens (tertiary/aromatic N) is 3. The topological polar surface area (TPSA) is 78.7 Å². The maximum absolute atomic E-state index is 12.7. The van der Waals surface area contributed by atoms with Gasteiger partial charge in [-0.1, -0.05) is 11.2 Å². The van der Waals surface area contributed by atoms with E-state index in [1.807, 2.05) is 11.4 Å². The molecule has 7 nitrogen and oxygen atoms in total. The lowest BCUT2D eigenvalue weighted by Crippen LogP contribution is -2.48. The molecule has 1 fully saturated rings. The number of aromatic nitrogens is 1. The third kappa shape index (κ3) is 4.12. The Kier molecular flexibility index (Phi) is 5.59. The Morgan fingerprint density at radius 2 is 2.04 bits per heavy atom. The maximum atomic E-state index is 12.7. The van der Waals surface area contributed by atoms with Crippen molar-refractivity contribution in [1.82, 2.24) is 19.7 Å². The molecule has 3 heterocycles. The molecule has 1 atom stereocenters. The van der Waals surface area contributed by atoms with Crippen LogP contribution in [-0.4, -0.2) is 63.1 Å². The minimum absolute atomic E-state index is 0.0314. The van der Waals surface area contributed by atoms with Gasteiger partial charge in [0.1, 0.15) is 10.6 Å². The van der Waals surface area contributed by atoms with Crippen molar-refractivity contribution in [3.63, 3.8) is 0 Å². The van der Waals surface area contributed by atoms with Crippen LogP contribution in [0, 0.1) is 13.8 Å². The van der Waals surface area contributed by atoms with Crippen LogP contribution in [0.2, 0.25) is 0 Å². The maximum Gasteiger partial charge on any atom is 0.246 e. The molecular weight excluding hydrogens is 360 g/mol. The molecule has 0 radical (unpaired) electrons. The van der Waals surface area contributed by atoms with E-state index in [2.05, 4.69) is 32.8 Å². The number of thiophene rings is 1. The molecule has 2 aromatic heterocycles. The number of nitrogens with one attached hydrogen (secondary N) is 1. The van der Waals surface area contributed by atoms with Crippen molar-refractivity contribution in [3.8, 4) is 0 Å².